The van der Waals surface area contributed by atoms with Crippen LogP contribution in [0.1, 0.15) is 12.7 Å². The van der Waals surface area contributed by atoms with E-state index in [0.29, 0.717) is 17.5 Å². The molecule has 2 heterocycles. The maximum absolute atomic E-state index is 5.24. The SMILES string of the molecule is C=C/C=C\C=C(/C)c1nc(-c2ccccc2)nc(-c2c3ccccc3c(-c3cccc4c3sc3ccc(-c5c6ccccc6c(-c6ccccc6)c6ccccc56)cc34)c3ccccc23)n1. The van der Waals surface area contributed by atoms with Crippen molar-refractivity contribution in [2.45, 2.75) is 6.92 Å². The topological polar surface area (TPSA) is 38.7 Å². The summed E-state index contributed by atoms with van der Waals surface area (Å²) in [4.78, 5) is 15.5. The number of nitrogens with zero attached hydrogens (tertiary/aromatic N) is 3. The van der Waals surface area contributed by atoms with Gasteiger partial charge in [0.1, 0.15) is 0 Å². The Morgan fingerprint density at radius 3 is 1.47 bits per heavy atom. The summed E-state index contributed by atoms with van der Waals surface area (Å²) >= 11 is 1.87. The van der Waals surface area contributed by atoms with Gasteiger partial charge in [-0.2, -0.15) is 0 Å². The Balaban J connectivity index is 1.08. The van der Waals surface area contributed by atoms with Crippen molar-refractivity contribution in [3.05, 3.63) is 231 Å². The minimum Gasteiger partial charge on any atom is -0.209 e. The second-order valence-corrected chi connectivity index (χ2v) is 17.7. The number of hydrogen-bond acceptors (Lipinski definition) is 4. The molecular formula is C62H41N3S. The molecule has 0 N–H and O–H groups in total. The van der Waals surface area contributed by atoms with Gasteiger partial charge in [0, 0.05) is 36.9 Å². The van der Waals surface area contributed by atoms with Crippen LogP contribution in [0.3, 0.4) is 0 Å². The maximum Gasteiger partial charge on any atom is 0.165 e. The average Bonchev–Trinajstić information content (AvgIpc) is 3.76. The van der Waals surface area contributed by atoms with Gasteiger partial charge in [0.2, 0.25) is 0 Å². The zero-order valence-corrected chi connectivity index (χ0v) is 37.1. The fraction of sp³-hybridized carbons (Fsp3) is 0.0161. The first kappa shape index (κ1) is 39.3. The fourth-order valence-corrected chi connectivity index (χ4v) is 11.1. The molecular weight excluding hydrogens is 819 g/mol. The van der Waals surface area contributed by atoms with E-state index in [1.54, 1.807) is 6.08 Å². The number of fused-ring (bicyclic) bond motifs is 7. The predicted octanol–water partition coefficient (Wildman–Crippen LogP) is 17.3. The average molecular weight is 860 g/mol. The zero-order chi connectivity index (χ0) is 44.1. The van der Waals surface area contributed by atoms with Crippen LogP contribution in [0.15, 0.2) is 225 Å². The lowest BCUT2D eigenvalue weighted by atomic mass is 9.85. The second-order valence-electron chi connectivity index (χ2n) is 16.7. The van der Waals surface area contributed by atoms with E-state index in [1.165, 1.54) is 75.1 Å². The molecule has 10 aromatic carbocycles. The smallest absolute Gasteiger partial charge is 0.165 e. The number of benzene rings is 10. The third-order valence-electron chi connectivity index (χ3n) is 12.8. The van der Waals surface area contributed by atoms with Gasteiger partial charge in [0.05, 0.1) is 0 Å². The lowest BCUT2D eigenvalue weighted by Crippen LogP contribution is -2.03. The standard InChI is InChI=1S/C62H41N3S/c1-3-4-7-21-39(2)60-63-61(41-24-10-6-11-25-41)65-62(64-60)58-49-32-18-16-30-47(49)57(48-31-17-19-33-50(48)58)52-35-20-34-51-53-38-42(36-37-54(53)66-59(51)52)56-45-28-14-12-26-43(45)55(40-22-8-5-9-23-40)44-27-13-15-29-46(44)56/h3-38H,1H2,2H3/b7-4-,39-21+. The molecule has 12 rings (SSSR count). The Hall–Kier alpha value is -8.31. The molecule has 0 aliphatic rings. The number of aromatic nitrogens is 3. The molecule has 0 saturated heterocycles. The molecule has 0 radical (unpaired) electrons. The minimum atomic E-state index is 0.632. The molecule has 2 aromatic heterocycles. The Labute approximate surface area is 387 Å². The monoisotopic (exact) mass is 859 g/mol. The third kappa shape index (κ3) is 6.53. The van der Waals surface area contributed by atoms with Gasteiger partial charge >= 0.3 is 0 Å². The predicted molar refractivity (Wildman–Crippen MR) is 283 cm³/mol. The van der Waals surface area contributed by atoms with E-state index >= 15 is 0 Å². The van der Waals surface area contributed by atoms with Crippen molar-refractivity contribution in [3.8, 4) is 56.2 Å². The number of rotatable bonds is 8. The molecule has 0 atom stereocenters. The van der Waals surface area contributed by atoms with Gasteiger partial charge in [-0.25, -0.2) is 15.0 Å². The van der Waals surface area contributed by atoms with Crippen molar-refractivity contribution in [1.29, 1.82) is 0 Å². The molecule has 3 nitrogen and oxygen atoms in total. The van der Waals surface area contributed by atoms with Crippen LogP contribution in [0.25, 0.3) is 125 Å². The molecule has 0 amide bonds. The summed E-state index contributed by atoms with van der Waals surface area (Å²) in [6.45, 7) is 5.88. The van der Waals surface area contributed by atoms with Crippen LogP contribution in [0.5, 0.6) is 0 Å². The normalized spacial score (nSPS) is 12.1. The van der Waals surface area contributed by atoms with Crippen LogP contribution >= 0.6 is 11.3 Å². The fourth-order valence-electron chi connectivity index (χ4n) is 9.90. The van der Waals surface area contributed by atoms with E-state index in [1.807, 2.05) is 54.7 Å². The van der Waals surface area contributed by atoms with Crippen LogP contribution in [0, 0.1) is 0 Å². The first-order chi connectivity index (χ1) is 32.6. The molecule has 0 saturated carbocycles. The Morgan fingerprint density at radius 2 is 0.894 bits per heavy atom. The highest BCUT2D eigenvalue weighted by Gasteiger charge is 2.23. The molecule has 66 heavy (non-hydrogen) atoms. The van der Waals surface area contributed by atoms with Crippen LogP contribution in [-0.4, -0.2) is 15.0 Å². The third-order valence-corrected chi connectivity index (χ3v) is 14.0. The van der Waals surface area contributed by atoms with Crippen molar-refractivity contribution < 1.29 is 0 Å². The summed E-state index contributed by atoms with van der Waals surface area (Å²) < 4.78 is 2.53. The van der Waals surface area contributed by atoms with Crippen molar-refractivity contribution in [3.63, 3.8) is 0 Å². The lowest BCUT2D eigenvalue weighted by Gasteiger charge is -2.18. The van der Waals surface area contributed by atoms with Gasteiger partial charge in [-0.1, -0.05) is 213 Å². The first-order valence-corrected chi connectivity index (χ1v) is 23.1. The molecule has 0 unspecified atom stereocenters. The zero-order valence-electron chi connectivity index (χ0n) is 36.2. The largest absolute Gasteiger partial charge is 0.209 e. The van der Waals surface area contributed by atoms with E-state index < -0.39 is 0 Å². The molecule has 0 bridgehead atoms. The molecule has 310 valence electrons. The van der Waals surface area contributed by atoms with Crippen molar-refractivity contribution >= 4 is 80.2 Å². The molecule has 4 heteroatoms. The van der Waals surface area contributed by atoms with Gasteiger partial charge in [-0.3, -0.25) is 0 Å². The van der Waals surface area contributed by atoms with E-state index in [2.05, 4.69) is 183 Å². The Bertz CT molecular complexity index is 3840. The molecule has 0 fully saturated rings. The number of allylic oxidation sites excluding steroid dienone is 5. The maximum atomic E-state index is 5.24. The summed E-state index contributed by atoms with van der Waals surface area (Å²) in [6, 6.07) is 70.2. The molecule has 12 aromatic rings. The second kappa shape index (κ2) is 16.4. The van der Waals surface area contributed by atoms with E-state index in [9.17, 15) is 0 Å². The van der Waals surface area contributed by atoms with Crippen molar-refractivity contribution in [2.75, 3.05) is 0 Å². The van der Waals surface area contributed by atoms with Crippen LogP contribution in [0.2, 0.25) is 0 Å². The summed E-state index contributed by atoms with van der Waals surface area (Å²) in [5.74, 6) is 1.91. The minimum absolute atomic E-state index is 0.632. The number of thiophene rings is 1. The Morgan fingerprint density at radius 1 is 0.409 bits per heavy atom. The van der Waals surface area contributed by atoms with Gasteiger partial charge in [0.15, 0.2) is 17.5 Å². The summed E-state index contributed by atoms with van der Waals surface area (Å²) in [5, 5.41) is 12.0. The number of hydrogen-bond donors (Lipinski definition) is 0. The summed E-state index contributed by atoms with van der Waals surface area (Å²) in [6.07, 6.45) is 7.67. The van der Waals surface area contributed by atoms with Crippen LogP contribution < -0.4 is 0 Å². The van der Waals surface area contributed by atoms with Crippen molar-refractivity contribution in [2.24, 2.45) is 0 Å². The summed E-state index contributed by atoms with van der Waals surface area (Å²) in [5.41, 5.74) is 10.3. The highest BCUT2D eigenvalue weighted by Crippen LogP contribution is 2.49. The van der Waals surface area contributed by atoms with Gasteiger partial charge < -0.3 is 0 Å². The van der Waals surface area contributed by atoms with Gasteiger partial charge in [-0.15, -0.1) is 11.3 Å². The molecule has 0 aliphatic heterocycles. The van der Waals surface area contributed by atoms with E-state index in [4.69, 9.17) is 15.0 Å². The quantitative estimate of drug-likeness (QED) is 0.113. The highest BCUT2D eigenvalue weighted by molar-refractivity contribution is 7.26. The summed E-state index contributed by atoms with van der Waals surface area (Å²) in [7, 11) is 0. The first-order valence-electron chi connectivity index (χ1n) is 22.3. The van der Waals surface area contributed by atoms with Crippen molar-refractivity contribution in [1.82, 2.24) is 15.0 Å². The van der Waals surface area contributed by atoms with Gasteiger partial charge in [0.25, 0.3) is 0 Å². The van der Waals surface area contributed by atoms with Crippen LogP contribution in [0.4, 0.5) is 0 Å². The van der Waals surface area contributed by atoms with E-state index in [0.717, 1.165) is 38.2 Å². The Kier molecular flexibility index (Phi) is 9.74. The van der Waals surface area contributed by atoms with Gasteiger partial charge in [-0.05, 0) is 95.5 Å². The molecule has 0 aliphatic carbocycles. The van der Waals surface area contributed by atoms with Crippen LogP contribution in [-0.2, 0) is 0 Å². The molecule has 0 spiro atoms. The lowest BCUT2D eigenvalue weighted by molar-refractivity contribution is 1.04. The van der Waals surface area contributed by atoms with E-state index in [-0.39, 0.29) is 0 Å². The highest BCUT2D eigenvalue weighted by atomic mass is 32.1.